The SMILES string of the molecule is CCN1C(=O)Cc2c1ccc(C)c2-c1c(OCc2ccccc2)cc(CC2CCC2)cc1OCc1ccccc1. The van der Waals surface area contributed by atoms with E-state index in [4.69, 9.17) is 9.47 Å². The monoisotopic (exact) mass is 531 g/mol. The molecule has 1 aliphatic heterocycles. The van der Waals surface area contributed by atoms with Crippen molar-refractivity contribution in [3.05, 3.63) is 113 Å². The number of fused-ring (bicyclic) bond motifs is 1. The molecule has 4 aromatic rings. The number of rotatable bonds is 10. The van der Waals surface area contributed by atoms with E-state index in [1.807, 2.05) is 48.2 Å². The Morgan fingerprint density at radius 2 is 1.38 bits per heavy atom. The van der Waals surface area contributed by atoms with Crippen molar-refractivity contribution in [3.63, 3.8) is 0 Å². The molecule has 4 nitrogen and oxygen atoms in total. The maximum absolute atomic E-state index is 13.0. The molecule has 2 aliphatic rings. The summed E-state index contributed by atoms with van der Waals surface area (Å²) >= 11 is 0. The summed E-state index contributed by atoms with van der Waals surface area (Å²) in [5.74, 6) is 2.50. The summed E-state index contributed by atoms with van der Waals surface area (Å²) in [4.78, 5) is 14.9. The Morgan fingerprint density at radius 3 is 1.90 bits per heavy atom. The second kappa shape index (κ2) is 11.6. The normalized spacial score (nSPS) is 14.7. The lowest BCUT2D eigenvalue weighted by molar-refractivity contribution is -0.117. The third-order valence-electron chi connectivity index (χ3n) is 8.33. The maximum Gasteiger partial charge on any atom is 0.231 e. The molecule has 1 heterocycles. The maximum atomic E-state index is 13.0. The average molecular weight is 532 g/mol. The van der Waals surface area contributed by atoms with Gasteiger partial charge in [-0.1, -0.05) is 86.0 Å². The number of aryl methyl sites for hydroxylation is 1. The lowest BCUT2D eigenvalue weighted by Crippen LogP contribution is -2.25. The second-order valence-corrected chi connectivity index (χ2v) is 11.1. The highest BCUT2D eigenvalue weighted by Gasteiger charge is 2.32. The molecule has 0 unspecified atom stereocenters. The summed E-state index contributed by atoms with van der Waals surface area (Å²) in [5, 5.41) is 0. The van der Waals surface area contributed by atoms with Gasteiger partial charge in [0.15, 0.2) is 0 Å². The van der Waals surface area contributed by atoms with E-state index in [-0.39, 0.29) is 5.91 Å². The van der Waals surface area contributed by atoms with Gasteiger partial charge in [-0.05, 0) is 77.8 Å². The number of ether oxygens (including phenoxy) is 2. The summed E-state index contributed by atoms with van der Waals surface area (Å²) in [6, 6.07) is 29.2. The van der Waals surface area contributed by atoms with Crippen LogP contribution in [0.25, 0.3) is 11.1 Å². The molecule has 6 rings (SSSR count). The molecule has 4 heteroatoms. The molecule has 1 fully saturated rings. The van der Waals surface area contributed by atoms with Crippen LogP contribution in [-0.2, 0) is 30.8 Å². The Bertz CT molecular complexity index is 1430. The van der Waals surface area contributed by atoms with Crippen molar-refractivity contribution < 1.29 is 14.3 Å². The molecule has 1 amide bonds. The Kier molecular flexibility index (Phi) is 7.59. The van der Waals surface area contributed by atoms with Crippen molar-refractivity contribution >= 4 is 11.6 Å². The number of benzene rings is 4. The quantitative estimate of drug-likeness (QED) is 0.208. The lowest BCUT2D eigenvalue weighted by Gasteiger charge is -2.27. The second-order valence-electron chi connectivity index (χ2n) is 11.1. The average Bonchev–Trinajstić information content (AvgIpc) is 3.29. The highest BCUT2D eigenvalue weighted by Crippen LogP contribution is 2.48. The summed E-state index contributed by atoms with van der Waals surface area (Å²) in [6.45, 7) is 5.74. The molecule has 0 aromatic heterocycles. The van der Waals surface area contributed by atoms with E-state index in [9.17, 15) is 4.79 Å². The number of carbonyl (C=O) groups excluding carboxylic acids is 1. The third-order valence-corrected chi connectivity index (χ3v) is 8.33. The number of nitrogens with zero attached hydrogens (tertiary/aromatic N) is 1. The summed E-state index contributed by atoms with van der Waals surface area (Å²) < 4.78 is 13.3. The zero-order valence-electron chi connectivity index (χ0n) is 23.5. The van der Waals surface area contributed by atoms with Gasteiger partial charge in [-0.25, -0.2) is 0 Å². The first kappa shape index (κ1) is 26.2. The van der Waals surface area contributed by atoms with Gasteiger partial charge in [0.05, 0.1) is 12.0 Å². The van der Waals surface area contributed by atoms with E-state index >= 15 is 0 Å². The number of carbonyl (C=O) groups is 1. The van der Waals surface area contributed by atoms with Crippen LogP contribution in [0, 0.1) is 12.8 Å². The van der Waals surface area contributed by atoms with Gasteiger partial charge >= 0.3 is 0 Å². The first-order chi connectivity index (χ1) is 19.6. The smallest absolute Gasteiger partial charge is 0.231 e. The van der Waals surface area contributed by atoms with Crippen LogP contribution in [-0.4, -0.2) is 12.5 Å². The van der Waals surface area contributed by atoms with E-state index < -0.39 is 0 Å². The zero-order chi connectivity index (χ0) is 27.5. The predicted octanol–water partition coefficient (Wildman–Crippen LogP) is 8.07. The van der Waals surface area contributed by atoms with Crippen LogP contribution in [0.1, 0.15) is 54.0 Å². The summed E-state index contributed by atoms with van der Waals surface area (Å²) in [7, 11) is 0. The minimum Gasteiger partial charge on any atom is -0.488 e. The van der Waals surface area contributed by atoms with E-state index in [0.29, 0.717) is 32.1 Å². The fourth-order valence-corrected chi connectivity index (χ4v) is 6.00. The van der Waals surface area contributed by atoms with Crippen LogP contribution in [0.5, 0.6) is 11.5 Å². The molecule has 0 spiro atoms. The lowest BCUT2D eigenvalue weighted by atomic mass is 9.80. The molecule has 1 saturated carbocycles. The number of anilines is 1. The van der Waals surface area contributed by atoms with Crippen molar-refractivity contribution in [2.75, 3.05) is 11.4 Å². The Labute approximate surface area is 237 Å². The van der Waals surface area contributed by atoms with Gasteiger partial charge in [-0.2, -0.15) is 0 Å². The molecule has 0 saturated heterocycles. The van der Waals surface area contributed by atoms with Crippen LogP contribution in [0.2, 0.25) is 0 Å². The van der Waals surface area contributed by atoms with Gasteiger partial charge in [-0.15, -0.1) is 0 Å². The topological polar surface area (TPSA) is 38.8 Å². The van der Waals surface area contributed by atoms with Gasteiger partial charge in [0.2, 0.25) is 5.91 Å². The van der Waals surface area contributed by atoms with Crippen LogP contribution >= 0.6 is 0 Å². The molecule has 204 valence electrons. The third kappa shape index (κ3) is 5.36. The Hall–Kier alpha value is -4.05. The van der Waals surface area contributed by atoms with Gasteiger partial charge in [-0.3, -0.25) is 4.79 Å². The molecular formula is C36H37NO3. The Morgan fingerprint density at radius 1 is 0.775 bits per heavy atom. The summed E-state index contributed by atoms with van der Waals surface area (Å²) in [6.07, 6.45) is 5.29. The largest absolute Gasteiger partial charge is 0.488 e. The van der Waals surface area contributed by atoms with Crippen LogP contribution < -0.4 is 14.4 Å². The van der Waals surface area contributed by atoms with Crippen molar-refractivity contribution in [1.29, 1.82) is 0 Å². The van der Waals surface area contributed by atoms with E-state index in [2.05, 4.69) is 55.5 Å². The van der Waals surface area contributed by atoms with Crippen molar-refractivity contribution in [1.82, 2.24) is 0 Å². The highest BCUT2D eigenvalue weighted by atomic mass is 16.5. The molecule has 0 radical (unpaired) electrons. The number of amides is 1. The number of hydrogen-bond acceptors (Lipinski definition) is 3. The molecule has 0 N–H and O–H groups in total. The molecule has 40 heavy (non-hydrogen) atoms. The zero-order valence-corrected chi connectivity index (χ0v) is 23.5. The van der Waals surface area contributed by atoms with Crippen molar-refractivity contribution in [2.45, 2.75) is 59.2 Å². The van der Waals surface area contributed by atoms with Crippen LogP contribution in [0.4, 0.5) is 5.69 Å². The minimum absolute atomic E-state index is 0.143. The van der Waals surface area contributed by atoms with Gasteiger partial charge < -0.3 is 14.4 Å². The number of hydrogen-bond donors (Lipinski definition) is 0. The minimum atomic E-state index is 0.143. The molecule has 0 bridgehead atoms. The van der Waals surface area contributed by atoms with E-state index in [1.54, 1.807) is 0 Å². The predicted molar refractivity (Wildman–Crippen MR) is 161 cm³/mol. The molecular weight excluding hydrogens is 494 g/mol. The standard InChI is InChI=1S/C36H37NO3/c1-3-37-31-18-17-25(2)35(30(31)22-34(37)38)36-32(39-23-27-11-6-4-7-12-27)20-29(19-26-15-10-16-26)21-33(36)40-24-28-13-8-5-9-14-28/h4-9,11-14,17-18,20-21,26H,3,10,15-16,19,22-24H2,1-2H3. The Balaban J connectivity index is 1.49. The fraction of sp³-hybridized carbons (Fsp3) is 0.306. The van der Waals surface area contributed by atoms with E-state index in [0.717, 1.165) is 57.0 Å². The van der Waals surface area contributed by atoms with Crippen molar-refractivity contribution in [2.24, 2.45) is 5.92 Å². The summed E-state index contributed by atoms with van der Waals surface area (Å²) in [5.41, 5.74) is 8.66. The molecule has 4 aromatic carbocycles. The fourth-order valence-electron chi connectivity index (χ4n) is 6.00. The van der Waals surface area contributed by atoms with Crippen LogP contribution in [0.3, 0.4) is 0 Å². The van der Waals surface area contributed by atoms with Crippen LogP contribution in [0.15, 0.2) is 84.9 Å². The molecule has 1 aliphatic carbocycles. The highest BCUT2D eigenvalue weighted by molar-refractivity contribution is 6.05. The number of likely N-dealkylation sites (N-methyl/N-ethyl adjacent to an activating group) is 1. The van der Waals surface area contributed by atoms with Gasteiger partial charge in [0, 0.05) is 12.2 Å². The van der Waals surface area contributed by atoms with E-state index in [1.165, 1.54) is 24.8 Å². The van der Waals surface area contributed by atoms with Gasteiger partial charge in [0.25, 0.3) is 0 Å². The van der Waals surface area contributed by atoms with Crippen molar-refractivity contribution in [3.8, 4) is 22.6 Å². The first-order valence-corrected chi connectivity index (χ1v) is 14.5. The molecule has 0 atom stereocenters. The van der Waals surface area contributed by atoms with Gasteiger partial charge in [0.1, 0.15) is 24.7 Å². The first-order valence-electron chi connectivity index (χ1n) is 14.5.